The van der Waals surface area contributed by atoms with Crippen LogP contribution < -0.4 is 0 Å². The third-order valence-corrected chi connectivity index (χ3v) is 2.14. The molecule has 3 nitrogen and oxygen atoms in total. The summed E-state index contributed by atoms with van der Waals surface area (Å²) in [5.41, 5.74) is 1.20. The van der Waals surface area contributed by atoms with Gasteiger partial charge in [-0.25, -0.2) is 0 Å². The first-order valence-corrected chi connectivity index (χ1v) is 4.41. The number of benzene rings is 1. The summed E-state index contributed by atoms with van der Waals surface area (Å²) in [5.74, 6) is 0. The van der Waals surface area contributed by atoms with Gasteiger partial charge in [0.25, 0.3) is 11.9 Å². The summed E-state index contributed by atoms with van der Waals surface area (Å²) >= 11 is 0.640. The average molecular weight is 183 g/mol. The number of nitro groups is 1. The summed E-state index contributed by atoms with van der Waals surface area (Å²) in [6.07, 6.45) is 0.962. The predicted octanol–water partition coefficient (Wildman–Crippen LogP) is 2.53. The van der Waals surface area contributed by atoms with Crippen molar-refractivity contribution in [2.24, 2.45) is 0 Å². The van der Waals surface area contributed by atoms with Gasteiger partial charge in [-0.3, -0.25) is 10.1 Å². The minimum Gasteiger partial charge on any atom is -0.250 e. The lowest BCUT2D eigenvalue weighted by atomic mass is 10.2. The minimum absolute atomic E-state index is 0.402. The quantitative estimate of drug-likeness (QED) is 0.411. The number of hydrogen-bond donors (Lipinski definition) is 0. The number of hydrogen-bond acceptors (Lipinski definition) is 3. The molecule has 0 atom stereocenters. The van der Waals surface area contributed by atoms with Crippen LogP contribution in [0.3, 0.4) is 0 Å². The van der Waals surface area contributed by atoms with Crippen molar-refractivity contribution < 1.29 is 4.33 Å². The number of nitrogens with zero attached hydrogens (tertiary/aromatic N) is 1. The number of aryl methyl sites for hydroxylation is 1. The van der Waals surface area contributed by atoms with Crippen LogP contribution in [-0.2, 0) is 6.42 Å². The van der Waals surface area contributed by atoms with E-state index in [4.69, 9.17) is 0 Å². The van der Waals surface area contributed by atoms with E-state index in [-0.39, 0.29) is 0 Å². The molecule has 0 unspecified atom stereocenters. The highest BCUT2D eigenvalue weighted by atomic mass is 32.2. The lowest BCUT2D eigenvalue weighted by molar-refractivity contribution is -0.284. The lowest BCUT2D eigenvalue weighted by Crippen LogP contribution is -1.84. The highest BCUT2D eigenvalue weighted by Gasteiger charge is 2.03. The lowest BCUT2D eigenvalue weighted by Gasteiger charge is -1.95. The van der Waals surface area contributed by atoms with Gasteiger partial charge in [0.05, 0.1) is 4.90 Å². The molecule has 1 aromatic rings. The molecule has 0 radical (unpaired) electrons. The van der Waals surface area contributed by atoms with E-state index >= 15 is 0 Å². The van der Waals surface area contributed by atoms with E-state index in [1.807, 2.05) is 12.1 Å². The molecule has 0 bridgehead atoms. The van der Waals surface area contributed by atoms with Crippen LogP contribution in [0.2, 0.25) is 0 Å². The average Bonchev–Trinajstić information content (AvgIpc) is 2.05. The third kappa shape index (κ3) is 2.54. The van der Waals surface area contributed by atoms with Gasteiger partial charge >= 0.3 is 0 Å². The van der Waals surface area contributed by atoms with Gasteiger partial charge in [0.1, 0.15) is 4.33 Å². The van der Waals surface area contributed by atoms with Crippen molar-refractivity contribution in [2.75, 3.05) is 0 Å². The van der Waals surface area contributed by atoms with Crippen LogP contribution in [0.1, 0.15) is 12.5 Å². The molecule has 0 heterocycles. The molecule has 1 rings (SSSR count). The zero-order chi connectivity index (χ0) is 8.97. The van der Waals surface area contributed by atoms with E-state index in [1.165, 1.54) is 5.56 Å². The van der Waals surface area contributed by atoms with Gasteiger partial charge in [-0.1, -0.05) is 19.1 Å². The molecule has 4 heteroatoms. The maximum absolute atomic E-state index is 10.1. The van der Waals surface area contributed by atoms with E-state index in [9.17, 15) is 10.1 Å². The van der Waals surface area contributed by atoms with Gasteiger partial charge in [0, 0.05) is 0 Å². The molecule has 0 saturated carbocycles. The van der Waals surface area contributed by atoms with Crippen LogP contribution in [0.25, 0.3) is 0 Å². The molecule has 0 spiro atoms. The monoisotopic (exact) mass is 183 g/mol. The Labute approximate surface area is 75.1 Å². The molecule has 1 aromatic carbocycles. The molecule has 0 saturated heterocycles. The smallest absolute Gasteiger partial charge is 0.250 e. The molecular weight excluding hydrogens is 174 g/mol. The fraction of sp³-hybridized carbons (Fsp3) is 0.250. The van der Waals surface area contributed by atoms with Crippen molar-refractivity contribution in [1.82, 2.24) is 0 Å². The zero-order valence-corrected chi connectivity index (χ0v) is 7.50. The Balaban J connectivity index is 2.71. The van der Waals surface area contributed by atoms with E-state index in [2.05, 4.69) is 6.92 Å². The summed E-state index contributed by atoms with van der Waals surface area (Å²) in [5, 5.41) is 10.1. The molecule has 0 aliphatic heterocycles. The zero-order valence-electron chi connectivity index (χ0n) is 6.69. The third-order valence-electron chi connectivity index (χ3n) is 1.51. The maximum Gasteiger partial charge on any atom is 0.265 e. The van der Waals surface area contributed by atoms with E-state index in [1.54, 1.807) is 12.1 Å². The molecule has 0 N–H and O–H groups in total. The van der Waals surface area contributed by atoms with Crippen molar-refractivity contribution in [1.29, 1.82) is 0 Å². The molecule has 0 amide bonds. The van der Waals surface area contributed by atoms with Crippen molar-refractivity contribution in [3.05, 3.63) is 39.9 Å². The highest BCUT2D eigenvalue weighted by Crippen LogP contribution is 2.18. The Morgan fingerprint density at radius 1 is 1.42 bits per heavy atom. The second-order valence-corrected chi connectivity index (χ2v) is 3.26. The number of rotatable bonds is 3. The van der Waals surface area contributed by atoms with E-state index < -0.39 is 4.33 Å². The Morgan fingerprint density at radius 3 is 2.42 bits per heavy atom. The van der Waals surface area contributed by atoms with Gasteiger partial charge in [-0.15, -0.1) is 0 Å². The van der Waals surface area contributed by atoms with Crippen LogP contribution >= 0.6 is 11.9 Å². The van der Waals surface area contributed by atoms with Gasteiger partial charge in [0.2, 0.25) is 0 Å². The van der Waals surface area contributed by atoms with E-state index in [0.717, 1.165) is 6.42 Å². The predicted molar refractivity (Wildman–Crippen MR) is 48.7 cm³/mol. The Bertz CT molecular complexity index is 271. The Hall–Kier alpha value is -1.03. The minimum atomic E-state index is -0.402. The van der Waals surface area contributed by atoms with Gasteiger partial charge < -0.3 is 0 Å². The van der Waals surface area contributed by atoms with E-state index in [0.29, 0.717) is 16.8 Å². The van der Waals surface area contributed by atoms with Crippen molar-refractivity contribution in [3.8, 4) is 0 Å². The first kappa shape index (κ1) is 9.06. The SMILES string of the molecule is CCc1ccc(S[N+](=O)[O-])cc1. The summed E-state index contributed by atoms with van der Waals surface area (Å²) in [7, 11) is 0. The van der Waals surface area contributed by atoms with Gasteiger partial charge in [-0.2, -0.15) is 0 Å². The largest absolute Gasteiger partial charge is 0.265 e. The second kappa shape index (κ2) is 4.11. The first-order chi connectivity index (χ1) is 5.72. The first-order valence-electron chi connectivity index (χ1n) is 3.63. The van der Waals surface area contributed by atoms with Crippen LogP contribution in [0.5, 0.6) is 0 Å². The summed E-state index contributed by atoms with van der Waals surface area (Å²) in [6.45, 7) is 2.05. The highest BCUT2D eigenvalue weighted by molar-refractivity contribution is 7.93. The normalized spacial score (nSPS) is 9.75. The topological polar surface area (TPSA) is 43.1 Å². The van der Waals surface area contributed by atoms with Crippen molar-refractivity contribution >= 4 is 11.9 Å². The standard InChI is InChI=1S/C8H9NO2S/c1-2-7-3-5-8(6-4-7)12-9(10)11/h3-6H,2H2,1H3. The molecule has 0 aliphatic rings. The summed E-state index contributed by atoms with van der Waals surface area (Å²) < 4.78 is -0.402. The van der Waals surface area contributed by atoms with Crippen LogP contribution in [0.15, 0.2) is 29.2 Å². The van der Waals surface area contributed by atoms with Crippen molar-refractivity contribution in [3.63, 3.8) is 0 Å². The fourth-order valence-corrected chi connectivity index (χ4v) is 1.30. The van der Waals surface area contributed by atoms with Gasteiger partial charge in [-0.05, 0) is 24.1 Å². The molecule has 64 valence electrons. The maximum atomic E-state index is 10.1. The fourth-order valence-electron chi connectivity index (χ4n) is 0.872. The van der Waals surface area contributed by atoms with Crippen LogP contribution in [-0.4, -0.2) is 4.33 Å². The molecular formula is C8H9NO2S. The molecule has 0 aromatic heterocycles. The second-order valence-electron chi connectivity index (χ2n) is 2.31. The van der Waals surface area contributed by atoms with Crippen LogP contribution in [0, 0.1) is 10.1 Å². The summed E-state index contributed by atoms with van der Waals surface area (Å²) in [4.78, 5) is 10.8. The molecule has 0 fully saturated rings. The molecule has 0 aliphatic carbocycles. The Morgan fingerprint density at radius 2 is 2.00 bits per heavy atom. The van der Waals surface area contributed by atoms with Crippen LogP contribution in [0.4, 0.5) is 0 Å². The molecule has 12 heavy (non-hydrogen) atoms. The summed E-state index contributed by atoms with van der Waals surface area (Å²) in [6, 6.07) is 7.36. The Kier molecular flexibility index (Phi) is 3.10. The van der Waals surface area contributed by atoms with Gasteiger partial charge in [0.15, 0.2) is 0 Å². The van der Waals surface area contributed by atoms with Crippen molar-refractivity contribution in [2.45, 2.75) is 18.2 Å².